The van der Waals surface area contributed by atoms with Crippen molar-refractivity contribution in [3.63, 3.8) is 0 Å². The van der Waals surface area contributed by atoms with E-state index in [1.807, 2.05) is 0 Å². The second kappa shape index (κ2) is 9.10. The molecule has 2 aromatic carbocycles. The molecule has 1 unspecified atom stereocenters. The van der Waals surface area contributed by atoms with Crippen molar-refractivity contribution in [2.24, 2.45) is 0 Å². The molecule has 0 bridgehead atoms. The molecule has 5 rings (SSSR count). The molecule has 0 aliphatic carbocycles. The number of ether oxygens (including phenoxy) is 1. The van der Waals surface area contributed by atoms with Crippen molar-refractivity contribution >= 4 is 39.2 Å². The molecule has 1 fully saturated rings. The number of halogens is 1. The van der Waals surface area contributed by atoms with Crippen LogP contribution >= 0.6 is 11.6 Å². The summed E-state index contributed by atoms with van der Waals surface area (Å²) in [6.45, 7) is -0.218. The zero-order chi connectivity index (χ0) is 26.5. The van der Waals surface area contributed by atoms with Crippen LogP contribution in [0.3, 0.4) is 0 Å². The van der Waals surface area contributed by atoms with E-state index in [9.17, 15) is 28.2 Å². The lowest BCUT2D eigenvalue weighted by molar-refractivity contribution is -0.145. The number of carboxylic acids is 1. The predicted octanol–water partition coefficient (Wildman–Crippen LogP) is 2.24. The first-order valence-electron chi connectivity index (χ1n) is 11.3. The number of rotatable bonds is 6. The number of sulfonamides is 1. The van der Waals surface area contributed by atoms with Gasteiger partial charge in [-0.2, -0.15) is 12.7 Å². The number of amides is 1. The third-order valence-corrected chi connectivity index (χ3v) is 8.54. The van der Waals surface area contributed by atoms with Gasteiger partial charge in [-0.05, 0) is 36.4 Å². The zero-order valence-electron chi connectivity index (χ0n) is 19.5. The lowest BCUT2D eigenvalue weighted by Crippen LogP contribution is -2.58. The van der Waals surface area contributed by atoms with Crippen LogP contribution in [-0.4, -0.2) is 66.2 Å². The fourth-order valence-corrected chi connectivity index (χ4v) is 6.81. The van der Waals surface area contributed by atoms with E-state index in [2.05, 4.69) is 4.98 Å². The number of carbonyl (C=O) groups is 2. The third-order valence-electron chi connectivity index (χ3n) is 6.70. The van der Waals surface area contributed by atoms with Gasteiger partial charge < -0.3 is 14.9 Å². The number of carbonyl (C=O) groups excluding carboxylic acids is 1. The molecule has 1 amide bonds. The molecule has 12 heteroatoms. The molecule has 1 aromatic heterocycles. The first kappa shape index (κ1) is 25.2. The van der Waals surface area contributed by atoms with E-state index in [4.69, 9.17) is 16.3 Å². The average molecular weight is 544 g/mol. The van der Waals surface area contributed by atoms with Gasteiger partial charge >= 0.3 is 5.97 Å². The molecule has 10 nitrogen and oxygen atoms in total. The molecule has 0 saturated carbocycles. The van der Waals surface area contributed by atoms with Crippen LogP contribution in [0.2, 0.25) is 5.02 Å². The Morgan fingerprint density at radius 2 is 1.86 bits per heavy atom. The third kappa shape index (κ3) is 3.69. The van der Waals surface area contributed by atoms with Crippen LogP contribution in [0, 0.1) is 0 Å². The van der Waals surface area contributed by atoms with Gasteiger partial charge in [-0.15, -0.1) is 0 Å². The summed E-state index contributed by atoms with van der Waals surface area (Å²) in [6, 6.07) is 13.7. The van der Waals surface area contributed by atoms with E-state index in [0.717, 1.165) is 0 Å². The summed E-state index contributed by atoms with van der Waals surface area (Å²) in [6.07, 6.45) is 0.0492. The predicted molar refractivity (Wildman–Crippen MR) is 133 cm³/mol. The van der Waals surface area contributed by atoms with Crippen molar-refractivity contribution in [3.8, 4) is 5.75 Å². The van der Waals surface area contributed by atoms with Gasteiger partial charge in [-0.1, -0.05) is 35.9 Å². The standard InChI is InChI=1S/C25H22ClN3O7S/c1-36-21-7-3-2-6-17(21)25(28-14-16(30)13-20(28)23(31)32)18-12-15(26)9-10-19(18)29(24(25)33)37(34,35)22-8-4-5-11-27-22/h2-12,16,20,30H,13-14H2,1H3,(H,31,32)/t16-,20+,25?/m1/s1. The molecule has 3 aromatic rings. The number of β-amino-alcohol motifs (C(OH)–C–C–N with tert-alkyl or cyclic N) is 1. The number of hydrogen-bond donors (Lipinski definition) is 2. The number of anilines is 1. The van der Waals surface area contributed by atoms with Crippen molar-refractivity contribution in [1.29, 1.82) is 0 Å². The minimum Gasteiger partial charge on any atom is -0.496 e. The smallest absolute Gasteiger partial charge is 0.321 e. The van der Waals surface area contributed by atoms with Gasteiger partial charge in [0.25, 0.3) is 15.9 Å². The summed E-state index contributed by atoms with van der Waals surface area (Å²) in [5, 5.41) is 20.5. The fraction of sp³-hybridized carbons (Fsp3) is 0.240. The number of carboxylic acid groups (broad SMARTS) is 1. The van der Waals surface area contributed by atoms with Crippen molar-refractivity contribution in [2.75, 3.05) is 18.0 Å². The van der Waals surface area contributed by atoms with Gasteiger partial charge in [-0.25, -0.2) is 4.98 Å². The minimum absolute atomic E-state index is 0.00325. The van der Waals surface area contributed by atoms with Crippen molar-refractivity contribution < 1.29 is 33.0 Å². The first-order valence-corrected chi connectivity index (χ1v) is 13.1. The number of pyridine rings is 1. The maximum Gasteiger partial charge on any atom is 0.321 e. The van der Waals surface area contributed by atoms with E-state index < -0.39 is 39.6 Å². The Labute approximate surface area is 217 Å². The highest BCUT2D eigenvalue weighted by Crippen LogP contribution is 2.54. The lowest BCUT2D eigenvalue weighted by Gasteiger charge is -2.40. The molecule has 37 heavy (non-hydrogen) atoms. The Hall–Kier alpha value is -3.51. The van der Waals surface area contributed by atoms with Crippen LogP contribution in [-0.2, 0) is 25.2 Å². The Bertz CT molecular complexity index is 1500. The summed E-state index contributed by atoms with van der Waals surface area (Å²) < 4.78 is 33.9. The fourth-order valence-electron chi connectivity index (χ4n) is 5.23. The molecule has 192 valence electrons. The maximum absolute atomic E-state index is 14.7. The highest BCUT2D eigenvalue weighted by atomic mass is 35.5. The number of likely N-dealkylation sites (tertiary alicyclic amines) is 1. The van der Waals surface area contributed by atoms with E-state index in [1.54, 1.807) is 30.3 Å². The van der Waals surface area contributed by atoms with Gasteiger partial charge in [0.05, 0.1) is 18.9 Å². The topological polar surface area (TPSA) is 137 Å². The normalized spacial score (nSPS) is 23.8. The van der Waals surface area contributed by atoms with Crippen molar-refractivity contribution in [3.05, 3.63) is 83.0 Å². The van der Waals surface area contributed by atoms with Crippen molar-refractivity contribution in [1.82, 2.24) is 9.88 Å². The maximum atomic E-state index is 14.7. The van der Waals surface area contributed by atoms with Gasteiger partial charge in [0.1, 0.15) is 11.8 Å². The monoisotopic (exact) mass is 543 g/mol. The van der Waals surface area contributed by atoms with Crippen LogP contribution in [0.25, 0.3) is 0 Å². The second-order valence-electron chi connectivity index (χ2n) is 8.71. The van der Waals surface area contributed by atoms with Gasteiger partial charge in [0, 0.05) is 35.3 Å². The molecular weight excluding hydrogens is 522 g/mol. The molecular formula is C25H22ClN3O7S. The summed E-state index contributed by atoms with van der Waals surface area (Å²) in [5.74, 6) is -2.00. The largest absolute Gasteiger partial charge is 0.496 e. The summed E-state index contributed by atoms with van der Waals surface area (Å²) in [5.41, 5.74) is -1.65. The Morgan fingerprint density at radius 3 is 2.54 bits per heavy atom. The molecule has 1 saturated heterocycles. The SMILES string of the molecule is COc1ccccc1C1(N2C[C@H](O)C[C@H]2C(=O)O)C(=O)N(S(=O)(=O)c2ccccn2)c2ccc(Cl)cc21. The number of hydrogen-bond acceptors (Lipinski definition) is 8. The highest BCUT2D eigenvalue weighted by molar-refractivity contribution is 7.93. The number of methoxy groups -OCH3 is 1. The summed E-state index contributed by atoms with van der Waals surface area (Å²) >= 11 is 6.37. The number of para-hydroxylation sites is 1. The minimum atomic E-state index is -4.54. The number of fused-ring (bicyclic) bond motifs is 1. The van der Waals surface area contributed by atoms with Gasteiger partial charge in [0.2, 0.25) is 0 Å². The average Bonchev–Trinajstić information content (AvgIpc) is 3.40. The molecule has 2 aliphatic rings. The summed E-state index contributed by atoms with van der Waals surface area (Å²) in [4.78, 5) is 32.3. The van der Waals surface area contributed by atoms with E-state index in [1.165, 1.54) is 48.5 Å². The molecule has 3 atom stereocenters. The molecule has 3 heterocycles. The Morgan fingerprint density at radius 1 is 1.14 bits per heavy atom. The van der Waals surface area contributed by atoms with Crippen molar-refractivity contribution in [2.45, 2.75) is 29.1 Å². The Kier molecular flexibility index (Phi) is 6.19. The van der Waals surface area contributed by atoms with Crippen LogP contribution in [0.1, 0.15) is 17.5 Å². The van der Waals surface area contributed by atoms with Gasteiger partial charge in [-0.3, -0.25) is 14.5 Å². The summed E-state index contributed by atoms with van der Waals surface area (Å²) in [7, 11) is -3.15. The molecule has 2 aliphatic heterocycles. The zero-order valence-corrected chi connectivity index (χ0v) is 21.1. The number of aliphatic hydroxyl groups excluding tert-OH is 1. The molecule has 0 spiro atoms. The second-order valence-corrected chi connectivity index (χ2v) is 10.9. The highest BCUT2D eigenvalue weighted by Gasteiger charge is 2.64. The first-order chi connectivity index (χ1) is 17.6. The van der Waals surface area contributed by atoms with Crippen LogP contribution in [0.5, 0.6) is 5.75 Å². The van der Waals surface area contributed by atoms with Crippen LogP contribution in [0.4, 0.5) is 5.69 Å². The number of aromatic nitrogens is 1. The van der Waals surface area contributed by atoms with E-state index in [-0.39, 0.29) is 45.6 Å². The number of benzene rings is 2. The number of nitrogens with zero attached hydrogens (tertiary/aromatic N) is 3. The number of aliphatic hydroxyl groups is 1. The number of aliphatic carboxylic acids is 1. The van der Waals surface area contributed by atoms with E-state index in [0.29, 0.717) is 4.31 Å². The quantitative estimate of drug-likeness (QED) is 0.479. The van der Waals surface area contributed by atoms with Gasteiger partial charge in [0.15, 0.2) is 10.6 Å². The molecule has 0 radical (unpaired) electrons. The molecule has 2 N–H and O–H groups in total. The van der Waals surface area contributed by atoms with Crippen LogP contribution in [0.15, 0.2) is 71.9 Å². The Balaban J connectivity index is 1.88. The van der Waals surface area contributed by atoms with Crippen LogP contribution < -0.4 is 9.04 Å². The van der Waals surface area contributed by atoms with E-state index >= 15 is 0 Å². The lowest BCUT2D eigenvalue weighted by atomic mass is 9.81.